The fourth-order valence-electron chi connectivity index (χ4n) is 1.89. The quantitative estimate of drug-likeness (QED) is 0.936. The van der Waals surface area contributed by atoms with Gasteiger partial charge in [-0.25, -0.2) is 4.39 Å². The maximum Gasteiger partial charge on any atom is 0.126 e. The van der Waals surface area contributed by atoms with E-state index in [1.54, 1.807) is 6.07 Å². The second kappa shape index (κ2) is 5.94. The Balaban J connectivity index is 2.23. The fraction of sp³-hybridized carbons (Fsp3) is 0.385. The van der Waals surface area contributed by atoms with Crippen molar-refractivity contribution >= 4 is 23.1 Å². The summed E-state index contributed by atoms with van der Waals surface area (Å²) < 4.78 is 17.6. The van der Waals surface area contributed by atoms with E-state index >= 15 is 0 Å². The number of benzene rings is 1. The Hall–Kier alpha value is -1.04. The smallest absolute Gasteiger partial charge is 0.126 e. The lowest BCUT2D eigenvalue weighted by atomic mass is 10.0. The van der Waals surface area contributed by atoms with Crippen LogP contribution in [0.3, 0.4) is 0 Å². The van der Waals surface area contributed by atoms with Gasteiger partial charge in [-0.1, -0.05) is 29.9 Å². The van der Waals surface area contributed by atoms with Crippen LogP contribution >= 0.6 is 23.1 Å². The highest BCUT2D eigenvalue weighted by Gasteiger charge is 2.19. The highest BCUT2D eigenvalue weighted by molar-refractivity contribution is 7.05. The zero-order valence-corrected chi connectivity index (χ0v) is 12.3. The Morgan fingerprint density at radius 2 is 2.16 bits per heavy atom. The molecule has 0 aliphatic rings. The third-order valence-electron chi connectivity index (χ3n) is 2.87. The first kappa shape index (κ1) is 14.4. The van der Waals surface area contributed by atoms with Gasteiger partial charge >= 0.3 is 0 Å². The minimum atomic E-state index is -0.314. The highest BCUT2D eigenvalue weighted by Crippen LogP contribution is 2.28. The van der Waals surface area contributed by atoms with Gasteiger partial charge in [0.15, 0.2) is 0 Å². The molecule has 2 aromatic rings. The molecule has 0 saturated heterocycles. The van der Waals surface area contributed by atoms with Crippen molar-refractivity contribution in [2.45, 2.75) is 32.2 Å². The number of hydrogen-bond acceptors (Lipinski definition) is 4. The van der Waals surface area contributed by atoms with Crippen LogP contribution in [-0.4, -0.2) is 9.59 Å². The van der Waals surface area contributed by atoms with Gasteiger partial charge in [-0.15, -0.1) is 5.10 Å². The molecule has 0 aliphatic carbocycles. The van der Waals surface area contributed by atoms with Gasteiger partial charge in [0, 0.05) is 11.1 Å². The van der Waals surface area contributed by atoms with Gasteiger partial charge < -0.3 is 5.73 Å². The summed E-state index contributed by atoms with van der Waals surface area (Å²) in [6, 6.07) is 4.18. The van der Waals surface area contributed by atoms with Gasteiger partial charge in [0.1, 0.15) is 5.82 Å². The Kier molecular flexibility index (Phi) is 4.50. The van der Waals surface area contributed by atoms with Gasteiger partial charge in [0.05, 0.1) is 10.6 Å². The van der Waals surface area contributed by atoms with E-state index in [9.17, 15) is 4.39 Å². The molecule has 1 heterocycles. The minimum absolute atomic E-state index is 0.254. The van der Waals surface area contributed by atoms with Crippen molar-refractivity contribution in [1.29, 1.82) is 0 Å². The molecule has 1 aromatic heterocycles. The lowest BCUT2D eigenvalue weighted by Crippen LogP contribution is -2.15. The van der Waals surface area contributed by atoms with E-state index < -0.39 is 0 Å². The predicted octanol–water partition coefficient (Wildman–Crippen LogP) is 3.70. The van der Waals surface area contributed by atoms with E-state index in [0.29, 0.717) is 17.0 Å². The Bertz CT molecular complexity index is 571. The molecule has 1 unspecified atom stereocenters. The van der Waals surface area contributed by atoms with Crippen LogP contribution in [0.4, 0.5) is 4.39 Å². The molecule has 0 fully saturated rings. The van der Waals surface area contributed by atoms with Crippen molar-refractivity contribution in [1.82, 2.24) is 9.59 Å². The summed E-state index contributed by atoms with van der Waals surface area (Å²) in [5.41, 5.74) is 7.56. The first-order valence-electron chi connectivity index (χ1n) is 6.00. The first-order chi connectivity index (χ1) is 8.99. The fourth-order valence-corrected chi connectivity index (χ4v) is 2.89. The van der Waals surface area contributed by atoms with Gasteiger partial charge in [0.25, 0.3) is 0 Å². The van der Waals surface area contributed by atoms with Gasteiger partial charge in [-0.3, -0.25) is 0 Å². The van der Waals surface area contributed by atoms with Gasteiger partial charge in [-0.2, -0.15) is 0 Å². The molecule has 102 valence electrons. The lowest BCUT2D eigenvalue weighted by molar-refractivity contribution is 0.593. The number of halogens is 2. The van der Waals surface area contributed by atoms with Crippen LogP contribution in [0.1, 0.15) is 41.9 Å². The SMILES string of the molecule is CC(C)c1nnsc1C(N)Cc1cc(Cl)ccc1F. The first-order valence-corrected chi connectivity index (χ1v) is 7.15. The van der Waals surface area contributed by atoms with E-state index in [1.807, 2.05) is 13.8 Å². The molecule has 3 nitrogen and oxygen atoms in total. The summed E-state index contributed by atoms with van der Waals surface area (Å²) >= 11 is 7.15. The number of aromatic nitrogens is 2. The molecule has 2 N–H and O–H groups in total. The third kappa shape index (κ3) is 3.29. The summed E-state index contributed by atoms with van der Waals surface area (Å²) in [6.45, 7) is 4.07. The molecule has 0 radical (unpaired) electrons. The monoisotopic (exact) mass is 299 g/mol. The number of nitrogens with two attached hydrogens (primary N) is 1. The van der Waals surface area contributed by atoms with Crippen LogP contribution in [0.2, 0.25) is 5.02 Å². The maximum absolute atomic E-state index is 13.7. The van der Waals surface area contributed by atoms with E-state index in [4.69, 9.17) is 17.3 Å². The van der Waals surface area contributed by atoms with Gasteiger partial charge in [0.2, 0.25) is 0 Å². The summed E-state index contributed by atoms with van der Waals surface area (Å²) in [6.07, 6.45) is 0.385. The van der Waals surface area contributed by atoms with Crippen molar-refractivity contribution in [3.05, 3.63) is 45.2 Å². The molecule has 6 heteroatoms. The van der Waals surface area contributed by atoms with E-state index in [2.05, 4.69) is 9.59 Å². The van der Waals surface area contributed by atoms with E-state index in [0.717, 1.165) is 10.6 Å². The molecular formula is C13H15ClFN3S. The molecule has 0 spiro atoms. The molecule has 1 aromatic carbocycles. The Morgan fingerprint density at radius 1 is 1.42 bits per heavy atom. The third-order valence-corrected chi connectivity index (χ3v) is 3.98. The van der Waals surface area contributed by atoms with Crippen molar-refractivity contribution in [3.8, 4) is 0 Å². The van der Waals surface area contributed by atoms with Crippen LogP contribution < -0.4 is 5.73 Å². The van der Waals surface area contributed by atoms with Crippen LogP contribution in [0.5, 0.6) is 0 Å². The topological polar surface area (TPSA) is 51.8 Å². The number of nitrogens with zero attached hydrogens (tertiary/aromatic N) is 2. The predicted molar refractivity (Wildman–Crippen MR) is 76.0 cm³/mol. The van der Waals surface area contributed by atoms with Crippen molar-refractivity contribution in [3.63, 3.8) is 0 Å². The molecule has 2 rings (SSSR count). The molecule has 0 saturated carbocycles. The standard InChI is InChI=1S/C13H15ClFN3S/c1-7(2)12-13(19-18-17-12)11(16)6-8-5-9(14)3-4-10(8)15/h3-5,7,11H,6,16H2,1-2H3. The maximum atomic E-state index is 13.7. The molecule has 0 bridgehead atoms. The number of rotatable bonds is 4. The minimum Gasteiger partial charge on any atom is -0.323 e. The van der Waals surface area contributed by atoms with Crippen LogP contribution in [0, 0.1) is 5.82 Å². The molecule has 0 amide bonds. The van der Waals surface area contributed by atoms with Crippen LogP contribution in [0.15, 0.2) is 18.2 Å². The lowest BCUT2D eigenvalue weighted by Gasteiger charge is -2.13. The second-order valence-electron chi connectivity index (χ2n) is 4.72. The second-order valence-corrected chi connectivity index (χ2v) is 5.95. The van der Waals surface area contributed by atoms with E-state index in [1.165, 1.54) is 23.7 Å². The average Bonchev–Trinajstić information content (AvgIpc) is 2.83. The largest absolute Gasteiger partial charge is 0.323 e. The normalized spacial score (nSPS) is 12.9. The zero-order valence-electron chi connectivity index (χ0n) is 10.7. The van der Waals surface area contributed by atoms with Crippen molar-refractivity contribution in [2.75, 3.05) is 0 Å². The van der Waals surface area contributed by atoms with Crippen molar-refractivity contribution in [2.24, 2.45) is 5.73 Å². The average molecular weight is 300 g/mol. The molecule has 1 atom stereocenters. The highest BCUT2D eigenvalue weighted by atomic mass is 35.5. The van der Waals surface area contributed by atoms with Crippen LogP contribution in [-0.2, 0) is 6.42 Å². The molecular weight excluding hydrogens is 285 g/mol. The summed E-state index contributed by atoms with van der Waals surface area (Å²) in [5, 5.41) is 4.60. The molecule has 0 aliphatic heterocycles. The Labute approximate surface area is 120 Å². The Morgan fingerprint density at radius 3 is 2.84 bits per heavy atom. The summed E-state index contributed by atoms with van der Waals surface area (Å²) in [4.78, 5) is 0.911. The summed E-state index contributed by atoms with van der Waals surface area (Å²) in [7, 11) is 0. The number of hydrogen-bond donors (Lipinski definition) is 1. The van der Waals surface area contributed by atoms with Crippen molar-refractivity contribution < 1.29 is 4.39 Å². The zero-order chi connectivity index (χ0) is 14.0. The van der Waals surface area contributed by atoms with E-state index in [-0.39, 0.29) is 17.8 Å². The molecule has 19 heavy (non-hydrogen) atoms. The summed E-state index contributed by atoms with van der Waals surface area (Å²) in [5.74, 6) is -0.0348. The van der Waals surface area contributed by atoms with Crippen LogP contribution in [0.25, 0.3) is 0 Å². The van der Waals surface area contributed by atoms with Gasteiger partial charge in [-0.05, 0) is 47.6 Å².